The molecule has 3 aromatic rings. The Morgan fingerprint density at radius 1 is 1.28 bits per heavy atom. The highest BCUT2D eigenvalue weighted by atomic mass is 32.1. The number of carbonyl (C=O) groups is 2. The van der Waals surface area contributed by atoms with Gasteiger partial charge >= 0.3 is 0 Å². The Hall–Kier alpha value is -3.00. The highest BCUT2D eigenvalue weighted by Crippen LogP contribution is 2.24. The summed E-state index contributed by atoms with van der Waals surface area (Å²) in [5.74, 6) is -0.250. The van der Waals surface area contributed by atoms with E-state index in [-0.39, 0.29) is 36.0 Å². The van der Waals surface area contributed by atoms with Crippen molar-refractivity contribution in [3.05, 3.63) is 62.8 Å². The molecule has 0 spiro atoms. The molecule has 8 heteroatoms. The average Bonchev–Trinajstić information content (AvgIpc) is 3.29. The molecule has 29 heavy (non-hydrogen) atoms. The summed E-state index contributed by atoms with van der Waals surface area (Å²) < 4.78 is 1.31. The number of carbonyl (C=O) groups excluding carboxylic acids is 2. The Balaban J connectivity index is 1.42. The second kappa shape index (κ2) is 7.79. The van der Waals surface area contributed by atoms with Gasteiger partial charge in [0, 0.05) is 18.6 Å². The van der Waals surface area contributed by atoms with Gasteiger partial charge in [-0.15, -0.1) is 11.3 Å². The smallest absolute Gasteiger partial charge is 0.264 e. The van der Waals surface area contributed by atoms with Crippen molar-refractivity contribution in [3.8, 4) is 0 Å². The molecule has 0 bridgehead atoms. The fraction of sp³-hybridized carbons (Fsp3) is 0.333. The van der Waals surface area contributed by atoms with E-state index < -0.39 is 0 Å². The van der Waals surface area contributed by atoms with Crippen LogP contribution in [0.4, 0.5) is 0 Å². The van der Waals surface area contributed by atoms with Crippen LogP contribution in [0.5, 0.6) is 0 Å². The topological polar surface area (TPSA) is 84.3 Å². The molecule has 2 atom stereocenters. The van der Waals surface area contributed by atoms with Crippen LogP contribution in [0.15, 0.2) is 46.8 Å². The molecule has 150 valence electrons. The molecule has 2 aromatic heterocycles. The predicted molar refractivity (Wildman–Crippen MR) is 112 cm³/mol. The fourth-order valence-corrected chi connectivity index (χ4v) is 4.67. The highest BCUT2D eigenvalue weighted by Gasteiger charge is 2.34. The Kier molecular flexibility index (Phi) is 5.19. The molecule has 0 saturated carbocycles. The van der Waals surface area contributed by atoms with Crippen LogP contribution in [0.1, 0.15) is 28.6 Å². The van der Waals surface area contributed by atoms with Crippen molar-refractivity contribution in [1.82, 2.24) is 19.8 Å². The van der Waals surface area contributed by atoms with Gasteiger partial charge in [0.25, 0.3) is 11.5 Å². The number of likely N-dealkylation sites (tertiary alicyclic amines) is 1. The quantitative estimate of drug-likeness (QED) is 0.715. The van der Waals surface area contributed by atoms with E-state index in [1.54, 1.807) is 18.2 Å². The summed E-state index contributed by atoms with van der Waals surface area (Å²) in [5, 5.41) is 5.36. The van der Waals surface area contributed by atoms with Crippen LogP contribution in [0.3, 0.4) is 0 Å². The average molecular weight is 410 g/mol. The van der Waals surface area contributed by atoms with E-state index in [1.165, 1.54) is 22.2 Å². The van der Waals surface area contributed by atoms with E-state index in [4.69, 9.17) is 0 Å². The Morgan fingerprint density at radius 3 is 2.83 bits per heavy atom. The van der Waals surface area contributed by atoms with E-state index in [0.29, 0.717) is 23.9 Å². The number of benzene rings is 1. The molecular formula is C21H22N4O3S. The minimum atomic E-state index is -0.261. The molecule has 1 saturated heterocycles. The van der Waals surface area contributed by atoms with Gasteiger partial charge < -0.3 is 10.2 Å². The molecule has 2 unspecified atom stereocenters. The molecule has 0 radical (unpaired) electrons. The zero-order valence-electron chi connectivity index (χ0n) is 16.3. The first-order valence-electron chi connectivity index (χ1n) is 9.52. The maximum Gasteiger partial charge on any atom is 0.264 e. The van der Waals surface area contributed by atoms with Crippen molar-refractivity contribution >= 4 is 34.1 Å². The largest absolute Gasteiger partial charge is 0.350 e. The summed E-state index contributed by atoms with van der Waals surface area (Å²) in [4.78, 5) is 44.7. The number of hydrogen-bond acceptors (Lipinski definition) is 5. The lowest BCUT2D eigenvalue weighted by atomic mass is 10.2. The van der Waals surface area contributed by atoms with E-state index in [2.05, 4.69) is 10.3 Å². The number of amides is 2. The van der Waals surface area contributed by atoms with Crippen molar-refractivity contribution in [3.63, 3.8) is 0 Å². The van der Waals surface area contributed by atoms with Crippen molar-refractivity contribution in [1.29, 1.82) is 0 Å². The molecule has 1 fully saturated rings. The second-order valence-corrected chi connectivity index (χ2v) is 8.35. The number of nitrogens with one attached hydrogen (secondary N) is 1. The lowest BCUT2D eigenvalue weighted by Gasteiger charge is -2.21. The van der Waals surface area contributed by atoms with E-state index in [9.17, 15) is 14.4 Å². The standard InChI is InChI=1S/C21H22N4O3S/c1-13-7-8-29-19(13)21(28)25-10-15(9-14(25)2)23-18(26)11-24-12-22-17-6-4-3-5-16(17)20(24)27/h3-8,12,14-15H,9-11H2,1-2H3,(H,23,26). The van der Waals surface area contributed by atoms with E-state index in [0.717, 1.165) is 10.4 Å². The molecule has 7 nitrogen and oxygen atoms in total. The summed E-state index contributed by atoms with van der Waals surface area (Å²) in [6.07, 6.45) is 2.09. The van der Waals surface area contributed by atoms with E-state index in [1.807, 2.05) is 36.3 Å². The first-order chi connectivity index (χ1) is 13.9. The summed E-state index contributed by atoms with van der Waals surface area (Å²) in [6, 6.07) is 8.91. The lowest BCUT2D eigenvalue weighted by Crippen LogP contribution is -2.41. The molecule has 1 aliphatic rings. The second-order valence-electron chi connectivity index (χ2n) is 7.43. The van der Waals surface area contributed by atoms with Crippen molar-refractivity contribution in [2.45, 2.75) is 38.9 Å². The SMILES string of the molecule is Cc1ccsc1C(=O)N1CC(NC(=O)Cn2cnc3ccccc3c2=O)CC1C. The maximum absolute atomic E-state index is 12.8. The number of fused-ring (bicyclic) bond motifs is 1. The maximum atomic E-state index is 12.8. The molecule has 0 aliphatic carbocycles. The first kappa shape index (κ1) is 19.3. The van der Waals surface area contributed by atoms with Crippen LogP contribution in [-0.4, -0.2) is 44.9 Å². The summed E-state index contributed by atoms with van der Waals surface area (Å²) in [6.45, 7) is 4.29. The monoisotopic (exact) mass is 410 g/mol. The Morgan fingerprint density at radius 2 is 2.07 bits per heavy atom. The summed E-state index contributed by atoms with van der Waals surface area (Å²) in [5.41, 5.74) is 1.34. The van der Waals surface area contributed by atoms with Crippen LogP contribution in [0.25, 0.3) is 10.9 Å². The van der Waals surface area contributed by atoms with Gasteiger partial charge in [0.05, 0.1) is 22.1 Å². The van der Waals surface area contributed by atoms with Gasteiger partial charge in [-0.25, -0.2) is 4.98 Å². The summed E-state index contributed by atoms with van der Waals surface area (Å²) >= 11 is 1.44. The van der Waals surface area contributed by atoms with Crippen LogP contribution >= 0.6 is 11.3 Å². The normalized spacial score (nSPS) is 18.9. The van der Waals surface area contributed by atoms with E-state index >= 15 is 0 Å². The number of para-hydroxylation sites is 1. The third-order valence-corrected chi connectivity index (χ3v) is 6.31. The fourth-order valence-electron chi connectivity index (χ4n) is 3.79. The number of aromatic nitrogens is 2. The number of hydrogen-bond donors (Lipinski definition) is 1. The predicted octanol–water partition coefficient (Wildman–Crippen LogP) is 2.19. The van der Waals surface area contributed by atoms with Gasteiger partial charge in [-0.2, -0.15) is 0 Å². The first-order valence-corrected chi connectivity index (χ1v) is 10.4. The van der Waals surface area contributed by atoms with Crippen LogP contribution in [-0.2, 0) is 11.3 Å². The number of thiophene rings is 1. The van der Waals surface area contributed by atoms with Gasteiger partial charge in [-0.3, -0.25) is 19.0 Å². The molecule has 4 rings (SSSR count). The van der Waals surface area contributed by atoms with Crippen LogP contribution < -0.4 is 10.9 Å². The number of aryl methyl sites for hydroxylation is 1. The van der Waals surface area contributed by atoms with Gasteiger partial charge in [0.1, 0.15) is 6.54 Å². The molecule has 1 aliphatic heterocycles. The van der Waals surface area contributed by atoms with Gasteiger partial charge in [-0.05, 0) is 49.4 Å². The van der Waals surface area contributed by atoms with Gasteiger partial charge in [0.15, 0.2) is 0 Å². The highest BCUT2D eigenvalue weighted by molar-refractivity contribution is 7.12. The number of nitrogens with zero attached hydrogens (tertiary/aromatic N) is 3. The zero-order valence-corrected chi connectivity index (χ0v) is 17.1. The zero-order chi connectivity index (χ0) is 20.5. The minimum Gasteiger partial charge on any atom is -0.350 e. The van der Waals surface area contributed by atoms with Crippen LogP contribution in [0, 0.1) is 6.92 Å². The van der Waals surface area contributed by atoms with Gasteiger partial charge in [0.2, 0.25) is 5.91 Å². The summed E-state index contributed by atoms with van der Waals surface area (Å²) in [7, 11) is 0. The Labute approximate surface area is 172 Å². The van der Waals surface area contributed by atoms with Gasteiger partial charge in [-0.1, -0.05) is 12.1 Å². The molecular weight excluding hydrogens is 388 g/mol. The number of rotatable bonds is 4. The van der Waals surface area contributed by atoms with Crippen molar-refractivity contribution in [2.24, 2.45) is 0 Å². The molecule has 1 N–H and O–H groups in total. The van der Waals surface area contributed by atoms with Crippen LogP contribution in [0.2, 0.25) is 0 Å². The lowest BCUT2D eigenvalue weighted by molar-refractivity contribution is -0.122. The van der Waals surface area contributed by atoms with Crippen molar-refractivity contribution in [2.75, 3.05) is 6.54 Å². The third kappa shape index (κ3) is 3.80. The molecule has 2 amide bonds. The Bertz CT molecular complexity index is 1140. The molecule has 1 aromatic carbocycles. The third-order valence-electron chi connectivity index (χ3n) is 5.30. The van der Waals surface area contributed by atoms with Crippen molar-refractivity contribution < 1.29 is 9.59 Å². The minimum absolute atomic E-state index is 0.0108. The molecule has 3 heterocycles.